The molecule has 0 aliphatic carbocycles. The first kappa shape index (κ1) is 18.2. The highest BCUT2D eigenvalue weighted by atomic mass is 32.1. The molecule has 0 radical (unpaired) electrons. The Bertz CT molecular complexity index is 737. The normalized spacial score (nSPS) is 10.3. The molecule has 1 N–H and O–H groups in total. The van der Waals surface area contributed by atoms with Gasteiger partial charge < -0.3 is 10.1 Å². The molecule has 126 valence electrons. The summed E-state index contributed by atoms with van der Waals surface area (Å²) in [7, 11) is 0. The molecule has 3 heteroatoms. The minimum Gasteiger partial charge on any atom is -0.489 e. The minimum atomic E-state index is 0.489. The third-order valence-corrected chi connectivity index (χ3v) is 4.38. The zero-order chi connectivity index (χ0) is 17.5. The van der Waals surface area contributed by atoms with E-state index >= 15 is 0 Å². The van der Waals surface area contributed by atoms with Crippen molar-refractivity contribution in [1.82, 2.24) is 0 Å². The van der Waals surface area contributed by atoms with Gasteiger partial charge in [-0.1, -0.05) is 56.9 Å². The molecule has 0 aliphatic heterocycles. The molecule has 2 aromatic rings. The van der Waals surface area contributed by atoms with Crippen LogP contribution >= 0.6 is 12.2 Å². The van der Waals surface area contributed by atoms with Gasteiger partial charge in [0.15, 0.2) is 0 Å². The summed E-state index contributed by atoms with van der Waals surface area (Å²) in [5.74, 6) is 0.917. The summed E-state index contributed by atoms with van der Waals surface area (Å²) in [4.78, 5) is 0.825. The zero-order valence-corrected chi connectivity index (χ0v) is 15.5. The molecule has 0 fully saturated rings. The van der Waals surface area contributed by atoms with Gasteiger partial charge in [0.25, 0.3) is 0 Å². The summed E-state index contributed by atoms with van der Waals surface area (Å²) >= 11 is 5.31. The van der Waals surface area contributed by atoms with Crippen molar-refractivity contribution in [1.29, 1.82) is 0 Å². The fourth-order valence-electron chi connectivity index (χ4n) is 2.47. The molecule has 0 spiro atoms. The molecular formula is C21H25NOS. The lowest BCUT2D eigenvalue weighted by atomic mass is 10.1. The molecule has 24 heavy (non-hydrogen) atoms. The van der Waals surface area contributed by atoms with Crippen molar-refractivity contribution in [3.63, 3.8) is 0 Å². The largest absolute Gasteiger partial charge is 0.489 e. The second kappa shape index (κ2) is 8.65. The summed E-state index contributed by atoms with van der Waals surface area (Å²) < 4.78 is 6.06. The maximum absolute atomic E-state index is 6.06. The van der Waals surface area contributed by atoms with E-state index in [0.29, 0.717) is 6.61 Å². The molecule has 2 nitrogen and oxygen atoms in total. The maximum Gasteiger partial charge on any atom is 0.122 e. The zero-order valence-electron chi connectivity index (χ0n) is 14.7. The average molecular weight is 340 g/mol. The third-order valence-electron chi connectivity index (χ3n) is 3.99. The molecule has 0 unspecified atom stereocenters. The van der Waals surface area contributed by atoms with Crippen molar-refractivity contribution in [2.45, 2.75) is 40.2 Å². The van der Waals surface area contributed by atoms with Crippen molar-refractivity contribution in [3.8, 4) is 5.75 Å². The predicted octanol–water partition coefficient (Wildman–Crippen LogP) is 5.93. The molecule has 0 saturated carbocycles. The van der Waals surface area contributed by atoms with Gasteiger partial charge in [0.2, 0.25) is 0 Å². The van der Waals surface area contributed by atoms with Gasteiger partial charge >= 0.3 is 0 Å². The molecule has 2 aromatic carbocycles. The van der Waals surface area contributed by atoms with Crippen LogP contribution in [0.5, 0.6) is 5.75 Å². The Morgan fingerprint density at radius 3 is 2.62 bits per heavy atom. The molecule has 0 heterocycles. The van der Waals surface area contributed by atoms with Crippen LogP contribution in [0.3, 0.4) is 0 Å². The number of aryl methyl sites for hydroxylation is 2. The summed E-state index contributed by atoms with van der Waals surface area (Å²) in [6.45, 7) is 10.6. The van der Waals surface area contributed by atoms with Gasteiger partial charge in [0, 0.05) is 11.3 Å². The van der Waals surface area contributed by atoms with E-state index in [1.165, 1.54) is 5.56 Å². The van der Waals surface area contributed by atoms with Crippen molar-refractivity contribution < 1.29 is 4.74 Å². The lowest BCUT2D eigenvalue weighted by molar-refractivity contribution is 0.304. The Labute approximate surface area is 150 Å². The standard InChI is InChI=1S/C21H25NOS/c1-5-16-9-11-20(15(4)12-16)23-14-18-13-17(6-2)8-10-19(18)22-21(24)7-3/h6,8-13H,2,5,7,14H2,1,3-4H3,(H,22,24). The predicted molar refractivity (Wildman–Crippen MR) is 108 cm³/mol. The van der Waals surface area contributed by atoms with Crippen LogP contribution in [0.1, 0.15) is 42.5 Å². The second-order valence-corrected chi connectivity index (χ2v) is 6.26. The molecule has 0 atom stereocenters. The smallest absolute Gasteiger partial charge is 0.122 e. The molecule has 0 amide bonds. The van der Waals surface area contributed by atoms with E-state index in [2.05, 4.69) is 50.0 Å². The lowest BCUT2D eigenvalue weighted by Crippen LogP contribution is -2.10. The van der Waals surface area contributed by atoms with E-state index in [1.807, 2.05) is 25.1 Å². The topological polar surface area (TPSA) is 21.3 Å². The number of thiocarbonyl (C=S) groups is 1. The van der Waals surface area contributed by atoms with Crippen molar-refractivity contribution in [3.05, 3.63) is 65.2 Å². The van der Waals surface area contributed by atoms with Crippen LogP contribution in [0.4, 0.5) is 5.69 Å². The van der Waals surface area contributed by atoms with Crippen molar-refractivity contribution in [2.24, 2.45) is 0 Å². The first-order chi connectivity index (χ1) is 11.6. The number of benzene rings is 2. The Morgan fingerprint density at radius 2 is 2.00 bits per heavy atom. The average Bonchev–Trinajstić information content (AvgIpc) is 2.61. The van der Waals surface area contributed by atoms with E-state index in [-0.39, 0.29) is 0 Å². The van der Waals surface area contributed by atoms with Crippen molar-refractivity contribution >= 4 is 29.0 Å². The van der Waals surface area contributed by atoms with Crippen LogP contribution in [0, 0.1) is 6.92 Å². The minimum absolute atomic E-state index is 0.489. The Balaban J connectivity index is 2.21. The number of hydrogen-bond donors (Lipinski definition) is 1. The summed E-state index contributed by atoms with van der Waals surface area (Å²) in [5.41, 5.74) is 5.62. The fourth-order valence-corrected chi connectivity index (χ4v) is 2.58. The Kier molecular flexibility index (Phi) is 6.56. The van der Waals surface area contributed by atoms with Gasteiger partial charge in [-0.3, -0.25) is 0 Å². The first-order valence-corrected chi connectivity index (χ1v) is 8.75. The van der Waals surface area contributed by atoms with Gasteiger partial charge in [-0.25, -0.2) is 0 Å². The number of anilines is 1. The number of ether oxygens (including phenoxy) is 1. The van der Waals surface area contributed by atoms with E-state index in [1.54, 1.807) is 0 Å². The van der Waals surface area contributed by atoms with E-state index in [4.69, 9.17) is 17.0 Å². The van der Waals surface area contributed by atoms with E-state index in [0.717, 1.165) is 46.0 Å². The number of hydrogen-bond acceptors (Lipinski definition) is 2. The maximum atomic E-state index is 6.06. The molecule has 0 saturated heterocycles. The highest BCUT2D eigenvalue weighted by molar-refractivity contribution is 7.80. The monoisotopic (exact) mass is 339 g/mol. The molecule has 2 rings (SSSR count). The van der Waals surface area contributed by atoms with Crippen LogP contribution in [0.15, 0.2) is 43.0 Å². The van der Waals surface area contributed by atoms with E-state index < -0.39 is 0 Å². The third kappa shape index (κ3) is 4.68. The quantitative estimate of drug-likeness (QED) is 0.632. The molecule has 0 aromatic heterocycles. The van der Waals surface area contributed by atoms with Crippen LogP contribution < -0.4 is 10.1 Å². The first-order valence-electron chi connectivity index (χ1n) is 8.34. The highest BCUT2D eigenvalue weighted by Crippen LogP contribution is 2.24. The van der Waals surface area contributed by atoms with Gasteiger partial charge in [-0.2, -0.15) is 0 Å². The molecule has 0 bridgehead atoms. The Morgan fingerprint density at radius 1 is 1.21 bits per heavy atom. The summed E-state index contributed by atoms with van der Waals surface area (Å²) in [6.07, 6.45) is 3.69. The second-order valence-electron chi connectivity index (χ2n) is 5.76. The van der Waals surface area contributed by atoms with Gasteiger partial charge in [0.1, 0.15) is 12.4 Å². The fraction of sp³-hybridized carbons (Fsp3) is 0.286. The van der Waals surface area contributed by atoms with E-state index in [9.17, 15) is 0 Å². The van der Waals surface area contributed by atoms with Gasteiger partial charge in [0.05, 0.1) is 4.99 Å². The summed E-state index contributed by atoms with van der Waals surface area (Å²) in [5, 5.41) is 3.30. The van der Waals surface area contributed by atoms with Crippen LogP contribution in [-0.2, 0) is 13.0 Å². The van der Waals surface area contributed by atoms with Crippen LogP contribution in [-0.4, -0.2) is 4.99 Å². The summed E-state index contributed by atoms with van der Waals surface area (Å²) in [6, 6.07) is 12.5. The molecular weight excluding hydrogens is 314 g/mol. The van der Waals surface area contributed by atoms with Crippen LogP contribution in [0.2, 0.25) is 0 Å². The Hall–Kier alpha value is -2.13. The van der Waals surface area contributed by atoms with Crippen molar-refractivity contribution in [2.75, 3.05) is 5.32 Å². The number of nitrogens with one attached hydrogen (secondary N) is 1. The lowest BCUT2D eigenvalue weighted by Gasteiger charge is -2.15. The van der Waals surface area contributed by atoms with Crippen LogP contribution in [0.25, 0.3) is 6.08 Å². The van der Waals surface area contributed by atoms with Gasteiger partial charge in [-0.15, -0.1) is 0 Å². The van der Waals surface area contributed by atoms with Gasteiger partial charge in [-0.05, 0) is 54.7 Å². The highest BCUT2D eigenvalue weighted by Gasteiger charge is 2.07. The number of rotatable bonds is 7. The SMILES string of the molecule is C=Cc1ccc(NC(=S)CC)c(COc2ccc(CC)cc2C)c1. The molecule has 0 aliphatic rings.